The fourth-order valence-corrected chi connectivity index (χ4v) is 0.764. The maximum atomic E-state index is 4.98. The summed E-state index contributed by atoms with van der Waals surface area (Å²) >= 11 is 0. The molecule has 0 aliphatic rings. The highest BCUT2D eigenvalue weighted by Crippen LogP contribution is 2.09. The summed E-state index contributed by atoms with van der Waals surface area (Å²) in [6.07, 6.45) is 2.69. The van der Waals surface area contributed by atoms with Gasteiger partial charge >= 0.3 is 0 Å². The van der Waals surface area contributed by atoms with Crippen molar-refractivity contribution in [2.24, 2.45) is 5.16 Å². The van der Waals surface area contributed by atoms with E-state index in [9.17, 15) is 0 Å². The van der Waals surface area contributed by atoms with Crippen molar-refractivity contribution in [3.05, 3.63) is 29.8 Å². The molecule has 0 bridgehead atoms. The lowest BCUT2D eigenvalue weighted by Gasteiger charge is -1.97. The number of hydrogen-bond acceptors (Lipinski definition) is 3. The third-order valence-electron chi connectivity index (χ3n) is 1.36. The summed E-state index contributed by atoms with van der Waals surface area (Å²) in [5.74, 6) is 0.818. The van der Waals surface area contributed by atoms with E-state index in [0.717, 1.165) is 11.3 Å². The Labute approximate surface area is 71.6 Å². The summed E-state index contributed by atoms with van der Waals surface area (Å²) in [6.45, 7) is 0. The summed E-state index contributed by atoms with van der Waals surface area (Å²) in [5.41, 5.74) is 0.859. The van der Waals surface area contributed by atoms with Crippen LogP contribution in [0.5, 0.6) is 5.75 Å². The maximum absolute atomic E-state index is 4.98. The van der Waals surface area contributed by atoms with Crippen LogP contribution in [0.25, 0.3) is 0 Å². The first-order valence-corrected chi connectivity index (χ1v) is 3.50. The molecule has 0 fully saturated rings. The van der Waals surface area contributed by atoms with E-state index in [-0.39, 0.29) is 0 Å². The van der Waals surface area contributed by atoms with E-state index in [0.29, 0.717) is 0 Å². The Bertz CT molecular complexity index is 254. The van der Waals surface area contributed by atoms with E-state index in [2.05, 4.69) is 16.2 Å². The van der Waals surface area contributed by atoms with Crippen molar-refractivity contribution in [3.63, 3.8) is 0 Å². The van der Waals surface area contributed by atoms with Crippen LogP contribution in [-0.2, 0) is 4.84 Å². The van der Waals surface area contributed by atoms with E-state index < -0.39 is 0 Å². The monoisotopic (exact) mass is 164 g/mol. The molecule has 0 spiro atoms. The van der Waals surface area contributed by atoms with Gasteiger partial charge in [0.1, 0.15) is 19.1 Å². The van der Waals surface area contributed by atoms with Gasteiger partial charge in [-0.15, -0.1) is 0 Å². The van der Waals surface area contributed by atoms with Crippen molar-refractivity contribution in [3.8, 4) is 5.75 Å². The first-order valence-electron chi connectivity index (χ1n) is 3.50. The largest absolute Gasteiger partial charge is 0.497 e. The van der Waals surface area contributed by atoms with Crippen molar-refractivity contribution in [1.29, 1.82) is 0 Å². The highest BCUT2D eigenvalue weighted by molar-refractivity contribution is 5.79. The molecule has 0 saturated heterocycles. The molecule has 1 radical (unpaired) electrons. The van der Waals surface area contributed by atoms with Crippen molar-refractivity contribution in [2.75, 3.05) is 14.2 Å². The Balaban J connectivity index is 2.71. The SMILES string of the molecule is CO/N=[C]\c1ccc(OC)cc1. The third kappa shape index (κ3) is 2.27. The normalized spacial score (nSPS) is 10.2. The zero-order valence-corrected chi connectivity index (χ0v) is 7.07. The summed E-state index contributed by atoms with van der Waals surface area (Å²) in [6, 6.07) is 7.38. The molecule has 3 heteroatoms. The van der Waals surface area contributed by atoms with Gasteiger partial charge in [0, 0.05) is 5.56 Å². The van der Waals surface area contributed by atoms with Crippen LogP contribution >= 0.6 is 0 Å². The summed E-state index contributed by atoms with van der Waals surface area (Å²) in [7, 11) is 3.11. The molecule has 0 amide bonds. The number of ether oxygens (including phenoxy) is 1. The van der Waals surface area contributed by atoms with Crippen molar-refractivity contribution < 1.29 is 9.57 Å². The topological polar surface area (TPSA) is 30.8 Å². The van der Waals surface area contributed by atoms with Crippen LogP contribution < -0.4 is 4.74 Å². The Morgan fingerprint density at radius 1 is 1.17 bits per heavy atom. The smallest absolute Gasteiger partial charge is 0.139 e. The number of hydrogen-bond donors (Lipinski definition) is 0. The molecule has 0 aromatic heterocycles. The fraction of sp³-hybridized carbons (Fsp3) is 0.222. The first kappa shape index (κ1) is 8.59. The van der Waals surface area contributed by atoms with E-state index in [4.69, 9.17) is 4.74 Å². The standard InChI is InChI=1S/C9H10NO2/c1-11-9-5-3-8(4-6-9)7-10-12-2/h3-6H,1-2H3. The van der Waals surface area contributed by atoms with Gasteiger partial charge in [-0.1, -0.05) is 5.16 Å². The zero-order valence-electron chi connectivity index (χ0n) is 7.07. The molecular formula is C9H10NO2. The Morgan fingerprint density at radius 2 is 1.83 bits per heavy atom. The Kier molecular flexibility index (Phi) is 3.14. The molecule has 1 aromatic carbocycles. The van der Waals surface area contributed by atoms with Gasteiger partial charge in [-0.3, -0.25) is 0 Å². The van der Waals surface area contributed by atoms with Crippen LogP contribution in [0, 0.1) is 0 Å². The fourth-order valence-electron chi connectivity index (χ4n) is 0.764. The Hall–Kier alpha value is -1.51. The highest BCUT2D eigenvalue weighted by Gasteiger charge is 1.90. The predicted octanol–water partition coefficient (Wildman–Crippen LogP) is 1.55. The van der Waals surface area contributed by atoms with Crippen molar-refractivity contribution in [2.45, 2.75) is 0 Å². The minimum Gasteiger partial charge on any atom is -0.497 e. The van der Waals surface area contributed by atoms with Gasteiger partial charge in [-0.25, -0.2) is 0 Å². The van der Waals surface area contributed by atoms with Crippen LogP contribution in [0.3, 0.4) is 0 Å². The lowest BCUT2D eigenvalue weighted by atomic mass is 10.2. The summed E-state index contributed by atoms with van der Waals surface area (Å²) in [4.78, 5) is 4.48. The van der Waals surface area contributed by atoms with E-state index >= 15 is 0 Å². The van der Waals surface area contributed by atoms with Gasteiger partial charge in [-0.2, -0.15) is 0 Å². The van der Waals surface area contributed by atoms with Gasteiger partial charge < -0.3 is 9.57 Å². The maximum Gasteiger partial charge on any atom is 0.139 e. The molecule has 0 atom stereocenters. The second-order valence-corrected chi connectivity index (χ2v) is 2.11. The van der Waals surface area contributed by atoms with Gasteiger partial charge in [0.05, 0.1) is 7.11 Å². The highest BCUT2D eigenvalue weighted by atomic mass is 16.6. The Morgan fingerprint density at radius 3 is 2.33 bits per heavy atom. The number of methoxy groups -OCH3 is 1. The number of nitrogens with zero attached hydrogens (tertiary/aromatic N) is 1. The second-order valence-electron chi connectivity index (χ2n) is 2.11. The van der Waals surface area contributed by atoms with Crippen LogP contribution in [0.15, 0.2) is 29.4 Å². The minimum absolute atomic E-state index is 0.818. The van der Waals surface area contributed by atoms with E-state index in [1.54, 1.807) is 7.11 Å². The molecule has 63 valence electrons. The van der Waals surface area contributed by atoms with Gasteiger partial charge in [-0.05, 0) is 24.3 Å². The van der Waals surface area contributed by atoms with Gasteiger partial charge in [0.2, 0.25) is 0 Å². The number of rotatable bonds is 3. The van der Waals surface area contributed by atoms with Gasteiger partial charge in [0.15, 0.2) is 0 Å². The molecule has 0 N–H and O–H groups in total. The van der Waals surface area contributed by atoms with Crippen molar-refractivity contribution in [1.82, 2.24) is 0 Å². The lowest BCUT2D eigenvalue weighted by Crippen LogP contribution is -1.84. The summed E-state index contributed by atoms with van der Waals surface area (Å²) < 4.78 is 4.98. The molecule has 1 aromatic rings. The van der Waals surface area contributed by atoms with E-state index in [1.807, 2.05) is 24.3 Å². The zero-order chi connectivity index (χ0) is 8.81. The first-order chi connectivity index (χ1) is 5.86. The average molecular weight is 164 g/mol. The molecule has 3 nitrogen and oxygen atoms in total. The van der Waals surface area contributed by atoms with Crippen molar-refractivity contribution >= 4 is 6.21 Å². The van der Waals surface area contributed by atoms with Crippen LogP contribution in [0.1, 0.15) is 5.56 Å². The third-order valence-corrected chi connectivity index (χ3v) is 1.36. The molecular weight excluding hydrogens is 154 g/mol. The molecule has 0 aliphatic heterocycles. The summed E-state index contributed by atoms with van der Waals surface area (Å²) in [5, 5.41) is 3.51. The van der Waals surface area contributed by atoms with Crippen LogP contribution in [0.4, 0.5) is 0 Å². The van der Waals surface area contributed by atoms with Crippen LogP contribution in [-0.4, -0.2) is 20.4 Å². The molecule has 1 rings (SSSR count). The molecule has 0 heterocycles. The minimum atomic E-state index is 0.818. The van der Waals surface area contributed by atoms with E-state index in [1.165, 1.54) is 7.11 Å². The average Bonchev–Trinajstić information content (AvgIpc) is 2.15. The second kappa shape index (κ2) is 4.38. The molecule has 12 heavy (non-hydrogen) atoms. The molecule has 0 saturated carbocycles. The molecule has 0 unspecified atom stereocenters. The van der Waals surface area contributed by atoms with Gasteiger partial charge in [0.25, 0.3) is 0 Å². The number of benzene rings is 1. The van der Waals surface area contributed by atoms with Crippen LogP contribution in [0.2, 0.25) is 0 Å². The predicted molar refractivity (Wildman–Crippen MR) is 46.5 cm³/mol. The lowest BCUT2D eigenvalue weighted by molar-refractivity contribution is 0.215. The molecule has 0 aliphatic carbocycles. The quantitative estimate of drug-likeness (QED) is 0.501.